The zero-order chi connectivity index (χ0) is 42.8. The van der Waals surface area contributed by atoms with Crippen LogP contribution in [0.15, 0.2) is 204 Å². The van der Waals surface area contributed by atoms with E-state index < -0.39 is 21.2 Å². The van der Waals surface area contributed by atoms with Gasteiger partial charge in [-0.3, -0.25) is 4.79 Å². The molecule has 0 N–H and O–H groups in total. The second-order valence-corrected chi connectivity index (χ2v) is 16.7. The molecule has 1 aliphatic rings. The Labute approximate surface area is 359 Å². The average Bonchev–Trinajstić information content (AvgIpc) is 3.61. The number of ketones is 1. The maximum atomic E-state index is 13.4. The van der Waals surface area contributed by atoms with Gasteiger partial charge in [0.1, 0.15) is 34.5 Å². The zero-order valence-electron chi connectivity index (χ0n) is 33.6. The summed E-state index contributed by atoms with van der Waals surface area (Å²) in [5.41, 5.74) is 7.11. The van der Waals surface area contributed by atoms with Crippen molar-refractivity contribution in [2.45, 2.75) is 22.1 Å². The summed E-state index contributed by atoms with van der Waals surface area (Å²) in [4.78, 5) is 25.1. The highest BCUT2D eigenvalue weighted by atomic mass is 32.2. The predicted octanol–water partition coefficient (Wildman–Crippen LogP) is 11.9. The number of fused-ring (bicyclic) bond motifs is 3. The number of carbonyl (C=O) groups is 2. The van der Waals surface area contributed by atoms with Crippen LogP contribution in [-0.4, -0.2) is 27.3 Å². The van der Waals surface area contributed by atoms with Crippen molar-refractivity contribution in [2.75, 3.05) is 7.11 Å². The van der Waals surface area contributed by atoms with Crippen molar-refractivity contribution in [2.24, 2.45) is 0 Å². The molecular formula is C53H38O8S. The number of esters is 1. The van der Waals surface area contributed by atoms with Crippen molar-refractivity contribution in [3.05, 3.63) is 228 Å². The Morgan fingerprint density at radius 1 is 0.435 bits per heavy atom. The van der Waals surface area contributed by atoms with Gasteiger partial charge in [0.25, 0.3) is 0 Å². The van der Waals surface area contributed by atoms with Gasteiger partial charge >= 0.3 is 5.97 Å². The van der Waals surface area contributed by atoms with Gasteiger partial charge in [-0.2, -0.15) is 0 Å². The number of methoxy groups -OCH3 is 1. The molecule has 0 saturated carbocycles. The third-order valence-electron chi connectivity index (χ3n) is 11.1. The molecule has 8 aromatic rings. The van der Waals surface area contributed by atoms with E-state index in [1.54, 1.807) is 79.9 Å². The van der Waals surface area contributed by atoms with Crippen molar-refractivity contribution in [1.29, 1.82) is 0 Å². The van der Waals surface area contributed by atoms with Gasteiger partial charge in [-0.15, -0.1) is 0 Å². The zero-order valence-corrected chi connectivity index (χ0v) is 34.5. The fourth-order valence-corrected chi connectivity index (χ4v) is 9.26. The van der Waals surface area contributed by atoms with E-state index in [1.807, 2.05) is 36.4 Å². The van der Waals surface area contributed by atoms with Crippen LogP contribution in [0.1, 0.15) is 49.9 Å². The Balaban J connectivity index is 0.864. The number of benzene rings is 8. The van der Waals surface area contributed by atoms with E-state index in [2.05, 4.69) is 60.7 Å². The van der Waals surface area contributed by atoms with Crippen molar-refractivity contribution < 1.29 is 37.0 Å². The fourth-order valence-electron chi connectivity index (χ4n) is 8.00. The van der Waals surface area contributed by atoms with Gasteiger partial charge in [-0.1, -0.05) is 72.8 Å². The van der Waals surface area contributed by atoms with Gasteiger partial charge < -0.3 is 18.9 Å². The van der Waals surface area contributed by atoms with Crippen LogP contribution >= 0.6 is 0 Å². The minimum atomic E-state index is -3.83. The first kappa shape index (κ1) is 39.7. The van der Waals surface area contributed by atoms with Crippen LogP contribution in [0.4, 0.5) is 0 Å². The van der Waals surface area contributed by atoms with Crippen molar-refractivity contribution >= 4 is 21.6 Å². The van der Waals surface area contributed by atoms with E-state index >= 15 is 0 Å². The van der Waals surface area contributed by atoms with Crippen molar-refractivity contribution in [3.8, 4) is 45.6 Å². The topological polar surface area (TPSA) is 105 Å². The first-order valence-electron chi connectivity index (χ1n) is 19.8. The van der Waals surface area contributed by atoms with Gasteiger partial charge in [0.15, 0.2) is 5.78 Å². The van der Waals surface area contributed by atoms with Crippen molar-refractivity contribution in [1.82, 2.24) is 0 Å². The van der Waals surface area contributed by atoms with Gasteiger partial charge in [0.05, 0.1) is 27.9 Å². The maximum absolute atomic E-state index is 13.4. The molecular weight excluding hydrogens is 797 g/mol. The lowest BCUT2D eigenvalue weighted by atomic mass is 9.68. The van der Waals surface area contributed by atoms with Gasteiger partial charge in [0, 0.05) is 5.56 Å². The Kier molecular flexibility index (Phi) is 10.5. The Morgan fingerprint density at radius 2 is 0.806 bits per heavy atom. The summed E-state index contributed by atoms with van der Waals surface area (Å²) in [6.07, 6.45) is 0. The molecule has 0 spiro atoms. The highest BCUT2D eigenvalue weighted by molar-refractivity contribution is 7.91. The minimum Gasteiger partial charge on any atom is -0.497 e. The fraction of sp³-hybridized carbons (Fsp3) is 0.0566. The smallest absolute Gasteiger partial charge is 0.343 e. The molecule has 0 bridgehead atoms. The number of carbonyl (C=O) groups excluding carboxylic acids is 2. The maximum Gasteiger partial charge on any atom is 0.343 e. The monoisotopic (exact) mass is 834 g/mol. The predicted molar refractivity (Wildman–Crippen MR) is 237 cm³/mol. The highest BCUT2D eigenvalue weighted by Crippen LogP contribution is 2.56. The Bertz CT molecular complexity index is 2990. The molecule has 1 aliphatic carbocycles. The molecule has 8 nitrogen and oxygen atoms in total. The summed E-state index contributed by atoms with van der Waals surface area (Å²) in [5, 5.41) is 0. The van der Waals surface area contributed by atoms with E-state index in [0.717, 1.165) is 16.9 Å². The van der Waals surface area contributed by atoms with Crippen LogP contribution in [-0.2, 0) is 15.3 Å². The van der Waals surface area contributed by atoms with Crippen LogP contribution in [0.2, 0.25) is 0 Å². The normalized spacial score (nSPS) is 12.4. The molecule has 304 valence electrons. The molecule has 8 aromatic carbocycles. The average molecular weight is 835 g/mol. The highest BCUT2D eigenvalue weighted by Gasteiger charge is 2.45. The summed E-state index contributed by atoms with van der Waals surface area (Å²) < 4.78 is 49.9. The summed E-state index contributed by atoms with van der Waals surface area (Å²) in [6, 6.07) is 58.3. The lowest BCUT2D eigenvalue weighted by molar-refractivity contribution is 0.0734. The largest absolute Gasteiger partial charge is 0.497 e. The molecule has 0 atom stereocenters. The SMILES string of the molecule is COc1ccc(C2(c3ccc(OC(=O)c4ccc(Oc5ccc(S(=O)(=O)c6ccc(Oc7ccc(C(C)=O)cc7)cc6)cc5)cc4)cc3)c3ccccc3-c3ccccc32)cc1. The molecule has 9 rings (SSSR count). The second kappa shape index (κ2) is 16.4. The summed E-state index contributed by atoms with van der Waals surface area (Å²) >= 11 is 0. The van der Waals surface area contributed by atoms with Crippen LogP contribution in [0, 0.1) is 0 Å². The molecule has 0 amide bonds. The lowest BCUT2D eigenvalue weighted by Gasteiger charge is -2.34. The summed E-state index contributed by atoms with van der Waals surface area (Å²) in [6.45, 7) is 1.49. The number of sulfone groups is 1. The number of ether oxygens (including phenoxy) is 4. The van der Waals surface area contributed by atoms with E-state index in [4.69, 9.17) is 18.9 Å². The standard InChI is InChI=1S/C53H38O8S/c1-35(54)36-11-19-41(20-12-36)59-43-27-31-46(32-28-43)62(56,57)47-33-29-44(30-34-47)60-42-21-13-37(14-22-42)52(55)61-45-25-17-39(18-26-45)53(38-15-23-40(58-2)24-16-38)50-9-5-3-7-48(50)49-8-4-6-10-51(49)53/h3-34H,1-2H3. The second-order valence-electron chi connectivity index (χ2n) is 14.7. The van der Waals surface area contributed by atoms with E-state index in [0.29, 0.717) is 39.9 Å². The first-order chi connectivity index (χ1) is 30.1. The van der Waals surface area contributed by atoms with Gasteiger partial charge in [-0.25, -0.2) is 13.2 Å². The minimum absolute atomic E-state index is 0.0447. The summed E-state index contributed by atoms with van der Waals surface area (Å²) in [5.74, 6) is 2.45. The molecule has 9 heteroatoms. The third-order valence-corrected chi connectivity index (χ3v) is 12.8. The molecule has 0 heterocycles. The lowest BCUT2D eigenvalue weighted by Crippen LogP contribution is -2.28. The number of rotatable bonds is 12. The molecule has 62 heavy (non-hydrogen) atoms. The third kappa shape index (κ3) is 7.39. The quantitative estimate of drug-likeness (QED) is 0.0681. The Hall–Kier alpha value is -7.75. The van der Waals surface area contributed by atoms with E-state index in [9.17, 15) is 18.0 Å². The molecule has 0 saturated heterocycles. The van der Waals surface area contributed by atoms with Crippen molar-refractivity contribution in [3.63, 3.8) is 0 Å². The number of Topliss-reactive ketones (excluding diaryl/α,β-unsaturated/α-hetero) is 1. The van der Waals surface area contributed by atoms with Crippen LogP contribution in [0.5, 0.6) is 34.5 Å². The molecule has 0 aliphatic heterocycles. The molecule has 0 unspecified atom stereocenters. The van der Waals surface area contributed by atoms with Gasteiger partial charge in [0.2, 0.25) is 9.84 Å². The van der Waals surface area contributed by atoms with Crippen LogP contribution in [0.25, 0.3) is 11.1 Å². The number of hydrogen-bond donors (Lipinski definition) is 0. The molecule has 0 aromatic heterocycles. The van der Waals surface area contributed by atoms with E-state index in [1.165, 1.54) is 53.4 Å². The van der Waals surface area contributed by atoms with Crippen LogP contribution in [0.3, 0.4) is 0 Å². The number of hydrogen-bond acceptors (Lipinski definition) is 8. The van der Waals surface area contributed by atoms with E-state index in [-0.39, 0.29) is 15.6 Å². The molecule has 0 radical (unpaired) electrons. The molecule has 0 fully saturated rings. The summed E-state index contributed by atoms with van der Waals surface area (Å²) in [7, 11) is -2.17. The van der Waals surface area contributed by atoms with Gasteiger partial charge in [-0.05, 0) is 162 Å². The Morgan fingerprint density at radius 3 is 1.23 bits per heavy atom. The first-order valence-corrected chi connectivity index (χ1v) is 21.3. The van der Waals surface area contributed by atoms with Crippen LogP contribution < -0.4 is 18.9 Å².